The molecule has 0 saturated heterocycles. The van der Waals surface area contributed by atoms with Gasteiger partial charge in [0.05, 0.1) is 0 Å². The van der Waals surface area contributed by atoms with E-state index in [2.05, 4.69) is 4.98 Å². The lowest BCUT2D eigenvalue weighted by atomic mass is 10.3. The molecule has 0 aromatic carbocycles. The monoisotopic (exact) mass is 153 g/mol. The number of carbonyl (C=O) groups is 1. The second kappa shape index (κ2) is 3.88. The maximum Gasteiger partial charge on any atom is 0.231 e. The first-order valence-corrected chi connectivity index (χ1v) is 3.56. The van der Waals surface area contributed by atoms with Crippen LogP contribution in [0, 0.1) is 0 Å². The summed E-state index contributed by atoms with van der Waals surface area (Å²) < 4.78 is 1.47. The quantitative estimate of drug-likeness (QED) is 0.677. The number of rotatable bonds is 3. The van der Waals surface area contributed by atoms with Crippen LogP contribution in [0.3, 0.4) is 0 Å². The summed E-state index contributed by atoms with van der Waals surface area (Å²) in [6.45, 7) is 0.556. The summed E-state index contributed by atoms with van der Waals surface area (Å²) in [7, 11) is 0. The molecular weight excluding hydrogens is 142 g/mol. The molecule has 0 aliphatic heterocycles. The van der Waals surface area contributed by atoms with E-state index in [0.717, 1.165) is 6.42 Å². The molecule has 0 saturated carbocycles. The molecule has 0 radical (unpaired) electrons. The standard InChI is InChI=1S/C7H11N3O/c8-3-1-2-7(11)10-5-4-9-6-10/h4-6H,1-3,8H2. The first-order chi connectivity index (χ1) is 5.34. The molecule has 1 rings (SSSR count). The van der Waals surface area contributed by atoms with Crippen LogP contribution in [0.4, 0.5) is 0 Å². The molecular formula is C7H11N3O. The second-order valence-electron chi connectivity index (χ2n) is 2.26. The third-order valence-electron chi connectivity index (χ3n) is 1.39. The fourth-order valence-corrected chi connectivity index (χ4v) is 0.789. The van der Waals surface area contributed by atoms with Gasteiger partial charge in [0, 0.05) is 18.8 Å². The van der Waals surface area contributed by atoms with Crippen LogP contribution in [-0.4, -0.2) is 22.0 Å². The van der Waals surface area contributed by atoms with E-state index in [-0.39, 0.29) is 5.91 Å². The molecule has 0 unspecified atom stereocenters. The van der Waals surface area contributed by atoms with Crippen molar-refractivity contribution in [1.29, 1.82) is 0 Å². The summed E-state index contributed by atoms with van der Waals surface area (Å²) in [5.41, 5.74) is 5.25. The average Bonchev–Trinajstić information content (AvgIpc) is 2.52. The zero-order valence-electron chi connectivity index (χ0n) is 6.23. The van der Waals surface area contributed by atoms with Gasteiger partial charge in [-0.2, -0.15) is 0 Å². The van der Waals surface area contributed by atoms with E-state index in [0.29, 0.717) is 13.0 Å². The minimum absolute atomic E-state index is 0.0490. The fourth-order valence-electron chi connectivity index (χ4n) is 0.789. The van der Waals surface area contributed by atoms with Crippen molar-refractivity contribution in [3.05, 3.63) is 18.7 Å². The molecule has 4 heteroatoms. The minimum atomic E-state index is 0.0490. The van der Waals surface area contributed by atoms with Crippen molar-refractivity contribution in [2.75, 3.05) is 6.54 Å². The largest absolute Gasteiger partial charge is 0.330 e. The van der Waals surface area contributed by atoms with Gasteiger partial charge in [-0.1, -0.05) is 0 Å². The Bertz CT molecular complexity index is 218. The van der Waals surface area contributed by atoms with E-state index in [1.54, 1.807) is 12.4 Å². The zero-order chi connectivity index (χ0) is 8.10. The summed E-state index contributed by atoms with van der Waals surface area (Å²) in [5.74, 6) is 0.0490. The maximum atomic E-state index is 11.1. The zero-order valence-corrected chi connectivity index (χ0v) is 6.23. The van der Waals surface area contributed by atoms with Gasteiger partial charge >= 0.3 is 0 Å². The Morgan fingerprint density at radius 1 is 1.64 bits per heavy atom. The van der Waals surface area contributed by atoms with E-state index in [9.17, 15) is 4.79 Å². The minimum Gasteiger partial charge on any atom is -0.330 e. The molecule has 0 atom stereocenters. The van der Waals surface area contributed by atoms with Crippen LogP contribution in [0.25, 0.3) is 0 Å². The molecule has 4 nitrogen and oxygen atoms in total. The molecule has 0 aliphatic rings. The lowest BCUT2D eigenvalue weighted by Gasteiger charge is -1.97. The third kappa shape index (κ3) is 2.16. The normalized spacial score (nSPS) is 9.91. The van der Waals surface area contributed by atoms with Gasteiger partial charge in [-0.15, -0.1) is 0 Å². The summed E-state index contributed by atoms with van der Waals surface area (Å²) in [6.07, 6.45) is 5.95. The molecule has 60 valence electrons. The van der Waals surface area contributed by atoms with Gasteiger partial charge in [-0.3, -0.25) is 9.36 Å². The molecule has 1 aromatic rings. The number of hydrogen-bond donors (Lipinski definition) is 1. The number of hydrogen-bond acceptors (Lipinski definition) is 3. The van der Waals surface area contributed by atoms with Crippen molar-refractivity contribution >= 4 is 5.91 Å². The molecule has 0 bridgehead atoms. The molecule has 11 heavy (non-hydrogen) atoms. The first kappa shape index (κ1) is 7.94. The number of nitrogens with two attached hydrogens (primary N) is 1. The highest BCUT2D eigenvalue weighted by molar-refractivity contribution is 5.78. The van der Waals surface area contributed by atoms with Crippen molar-refractivity contribution in [2.45, 2.75) is 12.8 Å². The number of imidazole rings is 1. The van der Waals surface area contributed by atoms with Gasteiger partial charge in [0.25, 0.3) is 0 Å². The Labute approximate surface area is 65.0 Å². The molecule has 0 spiro atoms. The van der Waals surface area contributed by atoms with E-state index in [1.165, 1.54) is 10.9 Å². The second-order valence-corrected chi connectivity index (χ2v) is 2.26. The molecule has 0 aliphatic carbocycles. The summed E-state index contributed by atoms with van der Waals surface area (Å²) >= 11 is 0. The van der Waals surface area contributed by atoms with Gasteiger partial charge in [-0.05, 0) is 13.0 Å². The number of aromatic nitrogens is 2. The summed E-state index contributed by atoms with van der Waals surface area (Å²) in [5, 5.41) is 0. The maximum absolute atomic E-state index is 11.1. The Hall–Kier alpha value is -1.16. The number of carbonyl (C=O) groups excluding carboxylic acids is 1. The highest BCUT2D eigenvalue weighted by Crippen LogP contribution is 1.93. The Morgan fingerprint density at radius 3 is 3.00 bits per heavy atom. The lowest BCUT2D eigenvalue weighted by Crippen LogP contribution is -2.10. The molecule has 0 fully saturated rings. The molecule has 1 heterocycles. The predicted octanol–water partition coefficient (Wildman–Crippen LogP) is 0.262. The van der Waals surface area contributed by atoms with E-state index >= 15 is 0 Å². The Morgan fingerprint density at radius 2 is 2.45 bits per heavy atom. The van der Waals surface area contributed by atoms with Crippen LogP contribution in [0.15, 0.2) is 18.7 Å². The van der Waals surface area contributed by atoms with Gasteiger partial charge in [0.2, 0.25) is 5.91 Å². The SMILES string of the molecule is NCCCC(=O)n1ccnc1. The van der Waals surface area contributed by atoms with Crippen LogP contribution >= 0.6 is 0 Å². The van der Waals surface area contributed by atoms with E-state index in [1.807, 2.05) is 0 Å². The van der Waals surface area contributed by atoms with Crippen molar-refractivity contribution in [2.24, 2.45) is 5.73 Å². The Balaban J connectivity index is 2.43. The van der Waals surface area contributed by atoms with E-state index < -0.39 is 0 Å². The van der Waals surface area contributed by atoms with Gasteiger partial charge in [0.1, 0.15) is 6.33 Å². The van der Waals surface area contributed by atoms with Crippen LogP contribution in [0.1, 0.15) is 17.6 Å². The van der Waals surface area contributed by atoms with Crippen molar-refractivity contribution < 1.29 is 4.79 Å². The summed E-state index contributed by atoms with van der Waals surface area (Å²) in [4.78, 5) is 14.9. The predicted molar refractivity (Wildman–Crippen MR) is 41.1 cm³/mol. The van der Waals surface area contributed by atoms with E-state index in [4.69, 9.17) is 5.73 Å². The van der Waals surface area contributed by atoms with Crippen LogP contribution in [0.5, 0.6) is 0 Å². The van der Waals surface area contributed by atoms with Crippen molar-refractivity contribution in [1.82, 2.24) is 9.55 Å². The summed E-state index contributed by atoms with van der Waals surface area (Å²) in [6, 6.07) is 0. The van der Waals surface area contributed by atoms with Crippen molar-refractivity contribution in [3.8, 4) is 0 Å². The highest BCUT2D eigenvalue weighted by atomic mass is 16.2. The first-order valence-electron chi connectivity index (χ1n) is 3.56. The van der Waals surface area contributed by atoms with Crippen molar-refractivity contribution in [3.63, 3.8) is 0 Å². The van der Waals surface area contributed by atoms with Crippen LogP contribution in [0.2, 0.25) is 0 Å². The lowest BCUT2D eigenvalue weighted by molar-refractivity contribution is 0.0900. The van der Waals surface area contributed by atoms with Crippen LogP contribution in [-0.2, 0) is 0 Å². The molecule has 0 amide bonds. The molecule has 1 aromatic heterocycles. The van der Waals surface area contributed by atoms with Crippen LogP contribution < -0.4 is 5.73 Å². The highest BCUT2D eigenvalue weighted by Gasteiger charge is 2.01. The van der Waals surface area contributed by atoms with Gasteiger partial charge in [0.15, 0.2) is 0 Å². The Kier molecular flexibility index (Phi) is 2.80. The fraction of sp³-hybridized carbons (Fsp3) is 0.429. The third-order valence-corrected chi connectivity index (χ3v) is 1.39. The smallest absolute Gasteiger partial charge is 0.231 e. The van der Waals surface area contributed by atoms with Gasteiger partial charge < -0.3 is 5.73 Å². The van der Waals surface area contributed by atoms with Gasteiger partial charge in [-0.25, -0.2) is 4.98 Å². The topological polar surface area (TPSA) is 60.9 Å². The number of nitrogens with zero attached hydrogens (tertiary/aromatic N) is 2. The average molecular weight is 153 g/mol. The molecule has 2 N–H and O–H groups in total.